The lowest BCUT2D eigenvalue weighted by atomic mass is 10.3. The fourth-order valence-corrected chi connectivity index (χ4v) is 4.05. The summed E-state index contributed by atoms with van der Waals surface area (Å²) in [6, 6.07) is 1.05. The van der Waals surface area contributed by atoms with Crippen molar-refractivity contribution in [3.05, 3.63) is 0 Å². The van der Waals surface area contributed by atoms with Gasteiger partial charge in [0.25, 0.3) is 0 Å². The first-order valence-electron chi connectivity index (χ1n) is 5.86. The third-order valence-corrected chi connectivity index (χ3v) is 5.70. The number of unbranched alkanes of at least 4 members (excludes halogenated alkanes) is 1. The second-order valence-corrected chi connectivity index (χ2v) is 10.8. The van der Waals surface area contributed by atoms with Crippen molar-refractivity contribution in [1.82, 2.24) is 0 Å². The highest BCUT2D eigenvalue weighted by molar-refractivity contribution is 7.52. The molecule has 0 heterocycles. The fourth-order valence-electron chi connectivity index (χ4n) is 1.42. The Bertz CT molecular complexity index is 286. The molecule has 0 saturated heterocycles. The van der Waals surface area contributed by atoms with Gasteiger partial charge >= 0.3 is 7.60 Å². The van der Waals surface area contributed by atoms with Gasteiger partial charge in [0.1, 0.15) is 11.9 Å². The summed E-state index contributed by atoms with van der Waals surface area (Å²) in [6.45, 7) is 6.59. The predicted molar refractivity (Wildman–Crippen MR) is 69.7 cm³/mol. The highest BCUT2D eigenvalue weighted by Crippen LogP contribution is 2.34. The van der Waals surface area contributed by atoms with Crippen LogP contribution >= 0.6 is 7.60 Å². The topological polar surface area (TPSA) is 83.8 Å². The van der Waals surface area contributed by atoms with Gasteiger partial charge in [-0.3, -0.25) is 9.36 Å². The molecule has 0 aliphatic heterocycles. The molecule has 0 bridgehead atoms. The predicted octanol–water partition coefficient (Wildman–Crippen LogP) is 2.15. The molecule has 0 radical (unpaired) electrons. The van der Waals surface area contributed by atoms with Crippen LogP contribution < -0.4 is 0 Å². The molecule has 5 nitrogen and oxygen atoms in total. The van der Waals surface area contributed by atoms with Crippen molar-refractivity contribution >= 4 is 21.7 Å². The minimum absolute atomic E-state index is 0.0909. The summed E-state index contributed by atoms with van der Waals surface area (Å²) in [5, 5.41) is 0. The molecule has 0 atom stereocenters. The van der Waals surface area contributed by atoms with E-state index in [-0.39, 0.29) is 13.0 Å². The van der Waals surface area contributed by atoms with Gasteiger partial charge in [0.05, 0.1) is 0 Å². The average molecular weight is 282 g/mol. The van der Waals surface area contributed by atoms with Gasteiger partial charge in [0, 0.05) is 13.0 Å². The molecule has 0 aromatic heterocycles. The first-order chi connectivity index (χ1) is 7.66. The van der Waals surface area contributed by atoms with Gasteiger partial charge in [-0.05, 0) is 19.1 Å². The second kappa shape index (κ2) is 7.44. The van der Waals surface area contributed by atoms with Crippen molar-refractivity contribution < 1.29 is 23.6 Å². The Hall–Kier alpha value is -0.00312. The zero-order chi connectivity index (χ0) is 13.5. The van der Waals surface area contributed by atoms with Crippen molar-refractivity contribution in [3.8, 4) is 0 Å². The lowest BCUT2D eigenvalue weighted by molar-refractivity contribution is -0.117. The Balaban J connectivity index is 3.83. The van der Waals surface area contributed by atoms with E-state index in [2.05, 4.69) is 20.0 Å². The number of rotatable bonds is 9. The van der Waals surface area contributed by atoms with Gasteiger partial charge in [0.15, 0.2) is 8.32 Å². The van der Waals surface area contributed by atoms with Crippen LogP contribution in [-0.4, -0.2) is 36.7 Å². The number of carbonyl (C=O) groups excluding carboxylic acids is 1. The van der Waals surface area contributed by atoms with E-state index in [0.717, 1.165) is 18.9 Å². The van der Waals surface area contributed by atoms with Crippen LogP contribution in [0.1, 0.15) is 26.2 Å². The summed E-state index contributed by atoms with van der Waals surface area (Å²) in [5.41, 5.74) is 0. The molecular formula is C10H23O5PSi. The smallest absolute Gasteiger partial charge is 0.332 e. The summed E-state index contributed by atoms with van der Waals surface area (Å²) < 4.78 is 16.3. The second-order valence-electron chi connectivity index (χ2n) is 4.82. The first kappa shape index (κ1) is 17.0. The third kappa shape index (κ3) is 10.8. The summed E-state index contributed by atoms with van der Waals surface area (Å²) in [7, 11) is -5.91. The van der Waals surface area contributed by atoms with Gasteiger partial charge in [-0.1, -0.05) is 19.8 Å². The van der Waals surface area contributed by atoms with Crippen molar-refractivity contribution in [2.75, 3.05) is 12.8 Å². The van der Waals surface area contributed by atoms with E-state index in [1.54, 1.807) is 0 Å². The molecular weight excluding hydrogens is 259 g/mol. The zero-order valence-electron chi connectivity index (χ0n) is 10.8. The molecule has 0 fully saturated rings. The average Bonchev–Trinajstić information content (AvgIpc) is 2.11. The molecule has 17 heavy (non-hydrogen) atoms. The molecule has 7 heteroatoms. The minimum atomic E-state index is -4.21. The molecule has 0 amide bonds. The van der Waals surface area contributed by atoms with E-state index >= 15 is 0 Å². The summed E-state index contributed by atoms with van der Waals surface area (Å²) in [4.78, 5) is 28.4. The maximum atomic E-state index is 11.2. The van der Waals surface area contributed by atoms with E-state index in [9.17, 15) is 9.36 Å². The van der Waals surface area contributed by atoms with Crippen LogP contribution in [0.5, 0.6) is 0 Å². The number of hydrogen-bond donors (Lipinski definition) is 2. The van der Waals surface area contributed by atoms with Crippen molar-refractivity contribution in [2.45, 2.75) is 45.3 Å². The number of carbonyl (C=O) groups is 1. The van der Waals surface area contributed by atoms with Crippen LogP contribution in [-0.2, 0) is 13.8 Å². The van der Waals surface area contributed by atoms with E-state index in [4.69, 9.17) is 14.2 Å². The number of ketones is 1. The lowest BCUT2D eigenvalue weighted by Gasteiger charge is -2.22. The van der Waals surface area contributed by atoms with Crippen LogP contribution in [0.3, 0.4) is 0 Å². The van der Waals surface area contributed by atoms with Crippen LogP contribution in [0.2, 0.25) is 19.1 Å². The highest BCUT2D eigenvalue weighted by Gasteiger charge is 2.23. The summed E-state index contributed by atoms with van der Waals surface area (Å²) in [6.07, 6.45) is 1.66. The van der Waals surface area contributed by atoms with Crippen molar-refractivity contribution in [2.24, 2.45) is 0 Å². The molecule has 0 unspecified atom stereocenters. The van der Waals surface area contributed by atoms with Gasteiger partial charge in [-0.2, -0.15) is 0 Å². The molecule has 2 N–H and O–H groups in total. The molecule has 0 aromatic rings. The summed E-state index contributed by atoms with van der Waals surface area (Å²) >= 11 is 0. The fraction of sp³-hybridized carbons (Fsp3) is 0.900. The molecule has 0 rings (SSSR count). The van der Waals surface area contributed by atoms with Gasteiger partial charge in [-0.25, -0.2) is 0 Å². The first-order valence-corrected chi connectivity index (χ1v) is 10.8. The third-order valence-electron chi connectivity index (χ3n) is 2.39. The molecule has 0 saturated carbocycles. The Labute approximate surface area is 104 Å². The maximum absolute atomic E-state index is 11.2. The van der Waals surface area contributed by atoms with Crippen molar-refractivity contribution in [3.63, 3.8) is 0 Å². The molecule has 0 aromatic carbocycles. The van der Waals surface area contributed by atoms with Crippen LogP contribution in [0.25, 0.3) is 0 Å². The van der Waals surface area contributed by atoms with E-state index in [1.807, 2.05) is 0 Å². The molecule has 0 aliphatic carbocycles. The number of Topliss-reactive ketones (excluding diaryl/α,β-unsaturated/α-hetero) is 1. The normalized spacial score (nSPS) is 12.8. The van der Waals surface area contributed by atoms with Gasteiger partial charge in [-0.15, -0.1) is 0 Å². The lowest BCUT2D eigenvalue weighted by Crippen LogP contribution is -2.31. The van der Waals surface area contributed by atoms with Gasteiger partial charge in [0.2, 0.25) is 0 Å². The monoisotopic (exact) mass is 282 g/mol. The zero-order valence-corrected chi connectivity index (χ0v) is 12.7. The Morgan fingerprint density at radius 2 is 1.94 bits per heavy atom. The molecule has 102 valence electrons. The molecule has 0 spiro atoms. The minimum Gasteiger partial charge on any atom is -0.417 e. The largest absolute Gasteiger partial charge is 0.417 e. The standard InChI is InChI=1S/C10H23O5PSi/c1-4-5-8-17(2,3)15-7-6-10(11)9-16(12,13)14/h4-9H2,1-3H3,(H2,12,13,14). The summed E-state index contributed by atoms with van der Waals surface area (Å²) in [5.74, 6) is -0.432. The van der Waals surface area contributed by atoms with E-state index < -0.39 is 27.9 Å². The van der Waals surface area contributed by atoms with Crippen LogP contribution in [0.15, 0.2) is 0 Å². The van der Waals surface area contributed by atoms with Gasteiger partial charge < -0.3 is 14.2 Å². The Morgan fingerprint density at radius 1 is 1.35 bits per heavy atom. The van der Waals surface area contributed by atoms with Crippen molar-refractivity contribution in [1.29, 1.82) is 0 Å². The molecule has 0 aliphatic rings. The highest BCUT2D eigenvalue weighted by atomic mass is 31.2. The van der Waals surface area contributed by atoms with E-state index in [0.29, 0.717) is 0 Å². The van der Waals surface area contributed by atoms with Crippen LogP contribution in [0.4, 0.5) is 0 Å². The quantitative estimate of drug-likeness (QED) is 0.500. The van der Waals surface area contributed by atoms with E-state index in [1.165, 1.54) is 0 Å². The Kier molecular flexibility index (Phi) is 7.43. The number of hydrogen-bond acceptors (Lipinski definition) is 3. The van der Waals surface area contributed by atoms with Crippen LogP contribution in [0, 0.1) is 0 Å². The maximum Gasteiger partial charge on any atom is 0.332 e. The SMILES string of the molecule is CCCC[Si](C)(C)OCCC(=O)CP(=O)(O)O. The Morgan fingerprint density at radius 3 is 2.41 bits per heavy atom.